The van der Waals surface area contributed by atoms with E-state index in [2.05, 4.69) is 29.0 Å². The van der Waals surface area contributed by atoms with E-state index in [1.165, 1.54) is 0 Å². The molecular weight excluding hydrogens is 264 g/mol. The zero-order chi connectivity index (χ0) is 15.0. The molecule has 1 aliphatic rings. The Kier molecular flexibility index (Phi) is 3.78. The molecule has 1 atom stereocenters. The van der Waals surface area contributed by atoms with Crippen LogP contribution in [0.5, 0.6) is 0 Å². The van der Waals surface area contributed by atoms with Crippen LogP contribution in [0.3, 0.4) is 0 Å². The van der Waals surface area contributed by atoms with Gasteiger partial charge >= 0.3 is 0 Å². The minimum atomic E-state index is 0.110. The van der Waals surface area contributed by atoms with Crippen molar-refractivity contribution < 1.29 is 4.79 Å². The third-order valence-electron chi connectivity index (χ3n) is 4.34. The highest BCUT2D eigenvalue weighted by molar-refractivity contribution is 5.94. The van der Waals surface area contributed by atoms with E-state index in [1.54, 1.807) is 10.8 Å². The predicted octanol–water partition coefficient (Wildman–Crippen LogP) is 1.59. The quantitative estimate of drug-likeness (QED) is 0.911. The van der Waals surface area contributed by atoms with Crippen molar-refractivity contribution in [2.45, 2.75) is 26.8 Å². The van der Waals surface area contributed by atoms with Crippen LogP contribution in [0, 0.1) is 13.8 Å². The fourth-order valence-corrected chi connectivity index (χ4v) is 3.11. The van der Waals surface area contributed by atoms with E-state index in [1.807, 2.05) is 19.1 Å². The number of aromatic nitrogens is 2. The molecular formula is C16H22N4O. The molecule has 21 heavy (non-hydrogen) atoms. The molecule has 0 saturated carbocycles. The maximum Gasteiger partial charge on any atom is 0.246 e. The monoisotopic (exact) mass is 286 g/mol. The van der Waals surface area contributed by atoms with Gasteiger partial charge in [-0.05, 0) is 38.5 Å². The van der Waals surface area contributed by atoms with Crippen molar-refractivity contribution in [2.24, 2.45) is 0 Å². The maximum absolute atomic E-state index is 12.7. The second-order valence-electron chi connectivity index (χ2n) is 5.90. The van der Waals surface area contributed by atoms with E-state index in [4.69, 9.17) is 0 Å². The summed E-state index contributed by atoms with van der Waals surface area (Å²) in [6.07, 6.45) is 1.75. The second kappa shape index (κ2) is 5.58. The molecule has 2 aromatic rings. The number of rotatable bonds is 2. The number of nitrogens with one attached hydrogen (secondary N) is 1. The number of carbonyl (C=O) groups excluding carboxylic acids is 1. The lowest BCUT2D eigenvalue weighted by Gasteiger charge is -2.31. The molecule has 5 nitrogen and oxygen atoms in total. The van der Waals surface area contributed by atoms with Gasteiger partial charge in [-0.25, -0.2) is 4.98 Å². The van der Waals surface area contributed by atoms with Crippen molar-refractivity contribution in [3.05, 3.63) is 29.6 Å². The molecule has 0 aromatic carbocycles. The summed E-state index contributed by atoms with van der Waals surface area (Å²) < 4.78 is 1.78. The molecule has 5 heteroatoms. The van der Waals surface area contributed by atoms with Crippen LogP contribution in [-0.4, -0.2) is 52.6 Å². The summed E-state index contributed by atoms with van der Waals surface area (Å²) in [6.45, 7) is 9.42. The van der Waals surface area contributed by atoms with Crippen LogP contribution in [-0.2, 0) is 0 Å². The molecule has 2 aromatic heterocycles. The molecule has 0 aliphatic carbocycles. The lowest BCUT2D eigenvalue weighted by molar-refractivity contribution is 0.0828. The van der Waals surface area contributed by atoms with Gasteiger partial charge in [-0.3, -0.25) is 14.3 Å². The Morgan fingerprint density at radius 1 is 1.48 bits per heavy atom. The summed E-state index contributed by atoms with van der Waals surface area (Å²) in [5.74, 6) is 0.110. The van der Waals surface area contributed by atoms with Crippen LogP contribution in [0.15, 0.2) is 18.3 Å². The molecule has 112 valence electrons. The number of pyridine rings is 1. The first-order chi connectivity index (χ1) is 10.1. The Labute approximate surface area is 125 Å². The minimum absolute atomic E-state index is 0.110. The second-order valence-corrected chi connectivity index (χ2v) is 5.90. The number of piperazine rings is 1. The normalized spacial score (nSPS) is 20.0. The molecule has 0 amide bonds. The van der Waals surface area contributed by atoms with Crippen LogP contribution < -0.4 is 5.32 Å². The molecule has 1 fully saturated rings. The minimum Gasteiger partial charge on any atom is -0.312 e. The summed E-state index contributed by atoms with van der Waals surface area (Å²) >= 11 is 0. The highest BCUT2D eigenvalue weighted by Gasteiger charge is 2.22. The van der Waals surface area contributed by atoms with Crippen molar-refractivity contribution in [1.82, 2.24) is 19.8 Å². The van der Waals surface area contributed by atoms with Gasteiger partial charge in [-0.15, -0.1) is 0 Å². The van der Waals surface area contributed by atoms with Gasteiger partial charge in [0.2, 0.25) is 5.91 Å². The molecule has 1 saturated heterocycles. The van der Waals surface area contributed by atoms with Gasteiger partial charge in [0.15, 0.2) is 0 Å². The largest absolute Gasteiger partial charge is 0.312 e. The van der Waals surface area contributed by atoms with Crippen LogP contribution in [0.25, 0.3) is 11.0 Å². The van der Waals surface area contributed by atoms with Crippen molar-refractivity contribution in [3.8, 4) is 0 Å². The zero-order valence-corrected chi connectivity index (χ0v) is 12.9. The summed E-state index contributed by atoms with van der Waals surface area (Å²) in [4.78, 5) is 19.3. The van der Waals surface area contributed by atoms with Crippen LogP contribution in [0.2, 0.25) is 0 Å². The summed E-state index contributed by atoms with van der Waals surface area (Å²) in [5.41, 5.74) is 2.91. The first-order valence-corrected chi connectivity index (χ1v) is 7.49. The van der Waals surface area contributed by atoms with E-state index < -0.39 is 0 Å². The van der Waals surface area contributed by atoms with E-state index in [-0.39, 0.29) is 5.91 Å². The van der Waals surface area contributed by atoms with Crippen LogP contribution >= 0.6 is 0 Å². The summed E-state index contributed by atoms with van der Waals surface area (Å²) in [6, 6.07) is 4.39. The topological polar surface area (TPSA) is 50.2 Å². The van der Waals surface area contributed by atoms with E-state index in [9.17, 15) is 4.79 Å². The lowest BCUT2D eigenvalue weighted by Crippen LogP contribution is -2.51. The molecule has 0 spiro atoms. The predicted molar refractivity (Wildman–Crippen MR) is 83.7 cm³/mol. The molecule has 0 unspecified atom stereocenters. The Balaban J connectivity index is 1.89. The van der Waals surface area contributed by atoms with E-state index in [0.717, 1.165) is 41.9 Å². The van der Waals surface area contributed by atoms with Gasteiger partial charge in [0.25, 0.3) is 0 Å². The Morgan fingerprint density at radius 3 is 3.05 bits per heavy atom. The highest BCUT2D eigenvalue weighted by Crippen LogP contribution is 2.23. The van der Waals surface area contributed by atoms with Crippen LogP contribution in [0.1, 0.15) is 23.0 Å². The van der Waals surface area contributed by atoms with Crippen LogP contribution in [0.4, 0.5) is 0 Å². The highest BCUT2D eigenvalue weighted by atomic mass is 16.2. The molecule has 0 bridgehead atoms. The Bertz CT molecular complexity index is 676. The zero-order valence-electron chi connectivity index (χ0n) is 12.9. The van der Waals surface area contributed by atoms with Gasteiger partial charge in [0.1, 0.15) is 5.65 Å². The van der Waals surface area contributed by atoms with Gasteiger partial charge in [-0.2, -0.15) is 0 Å². The van der Waals surface area contributed by atoms with Crippen molar-refractivity contribution in [3.63, 3.8) is 0 Å². The lowest BCUT2D eigenvalue weighted by atomic mass is 10.2. The first-order valence-electron chi connectivity index (χ1n) is 7.49. The Hall–Kier alpha value is -1.72. The van der Waals surface area contributed by atoms with Crippen molar-refractivity contribution >= 4 is 16.9 Å². The summed E-state index contributed by atoms with van der Waals surface area (Å²) in [5, 5.41) is 4.46. The maximum atomic E-state index is 12.7. The first kappa shape index (κ1) is 14.2. The number of hydrogen-bond donors (Lipinski definition) is 1. The number of hydrogen-bond acceptors (Lipinski definition) is 4. The number of nitrogens with zero attached hydrogens (tertiary/aromatic N) is 3. The smallest absolute Gasteiger partial charge is 0.246 e. The molecule has 0 radical (unpaired) electrons. The van der Waals surface area contributed by atoms with Gasteiger partial charge < -0.3 is 5.32 Å². The fraction of sp³-hybridized carbons (Fsp3) is 0.500. The fourth-order valence-electron chi connectivity index (χ4n) is 3.11. The Morgan fingerprint density at radius 2 is 2.29 bits per heavy atom. The van der Waals surface area contributed by atoms with Crippen molar-refractivity contribution in [1.29, 1.82) is 0 Å². The summed E-state index contributed by atoms with van der Waals surface area (Å²) in [7, 11) is 0. The number of aryl methyl sites for hydroxylation is 1. The van der Waals surface area contributed by atoms with Gasteiger partial charge in [-0.1, -0.05) is 0 Å². The van der Waals surface area contributed by atoms with E-state index in [0.29, 0.717) is 12.6 Å². The molecule has 3 heterocycles. The van der Waals surface area contributed by atoms with Crippen molar-refractivity contribution in [2.75, 3.05) is 26.2 Å². The molecule has 1 N–H and O–H groups in total. The SMILES string of the molecule is Cc1c(C)n(C(=O)CN2CCN[C@H](C)C2)c2ncccc12. The average molecular weight is 286 g/mol. The average Bonchev–Trinajstić information content (AvgIpc) is 2.71. The third-order valence-corrected chi connectivity index (χ3v) is 4.34. The number of fused-ring (bicyclic) bond motifs is 1. The van der Waals surface area contributed by atoms with Gasteiger partial charge in [0, 0.05) is 43.0 Å². The number of carbonyl (C=O) groups is 1. The molecule has 1 aliphatic heterocycles. The third kappa shape index (κ3) is 2.59. The van der Waals surface area contributed by atoms with E-state index >= 15 is 0 Å². The molecule has 3 rings (SSSR count). The standard InChI is InChI=1S/C16H22N4O/c1-11-9-19(8-7-17-11)10-15(21)20-13(3)12(2)14-5-4-6-18-16(14)20/h4-6,11,17H,7-10H2,1-3H3/t11-/m1/s1. The van der Waals surface area contributed by atoms with Gasteiger partial charge in [0.05, 0.1) is 6.54 Å².